The Labute approximate surface area is 180 Å². The molecule has 0 atom stereocenters. The van der Waals surface area contributed by atoms with Gasteiger partial charge in [0.15, 0.2) is 12.4 Å². The van der Waals surface area contributed by atoms with E-state index >= 15 is 0 Å². The van der Waals surface area contributed by atoms with E-state index in [4.69, 9.17) is 9.47 Å². The zero-order valence-corrected chi connectivity index (χ0v) is 17.7. The number of anilines is 1. The van der Waals surface area contributed by atoms with Crippen LogP contribution < -0.4 is 10.1 Å². The second-order valence-electron chi connectivity index (χ2n) is 8.17. The van der Waals surface area contributed by atoms with Crippen LogP contribution >= 0.6 is 0 Å². The molecule has 0 spiro atoms. The van der Waals surface area contributed by atoms with Crippen molar-refractivity contribution >= 4 is 23.3 Å². The average molecular weight is 420 g/mol. The van der Waals surface area contributed by atoms with Gasteiger partial charge in [0, 0.05) is 36.1 Å². The molecule has 8 nitrogen and oxygen atoms in total. The first kappa shape index (κ1) is 20.6. The lowest BCUT2D eigenvalue weighted by Crippen LogP contribution is -2.37. The number of esters is 1. The third-order valence-electron chi connectivity index (χ3n) is 4.63. The van der Waals surface area contributed by atoms with E-state index in [2.05, 4.69) is 15.3 Å². The predicted octanol–water partition coefficient (Wildman–Crippen LogP) is 3.01. The number of amidine groups is 1. The van der Waals surface area contributed by atoms with Crippen LogP contribution in [0.2, 0.25) is 0 Å². The highest BCUT2D eigenvalue weighted by atomic mass is 16.6. The fraction of sp³-hybridized carbons (Fsp3) is 0.304. The highest BCUT2D eigenvalue weighted by Crippen LogP contribution is 2.37. The van der Waals surface area contributed by atoms with Crippen molar-refractivity contribution in [3.05, 3.63) is 65.7 Å². The topological polar surface area (TPSA) is 93.1 Å². The molecule has 1 N–H and O–H groups in total. The Bertz CT molecular complexity index is 1070. The maximum atomic E-state index is 12.7. The summed E-state index contributed by atoms with van der Waals surface area (Å²) in [6, 6.07) is 8.99. The van der Waals surface area contributed by atoms with Crippen LogP contribution in [-0.4, -0.2) is 52.8 Å². The van der Waals surface area contributed by atoms with Gasteiger partial charge in [-0.3, -0.25) is 14.8 Å². The number of hydrogen-bond donors (Lipinski definition) is 1. The van der Waals surface area contributed by atoms with E-state index in [1.165, 1.54) is 12.3 Å². The highest BCUT2D eigenvalue weighted by molar-refractivity contribution is 6.11. The molecule has 160 valence electrons. The number of allylic oxidation sites excluding steroid dienone is 1. The Kier molecular flexibility index (Phi) is 5.46. The summed E-state index contributed by atoms with van der Waals surface area (Å²) in [5.74, 6) is 1.23. The highest BCUT2D eigenvalue weighted by Gasteiger charge is 2.32. The average Bonchev–Trinajstić information content (AvgIpc) is 3.22. The molecule has 8 heteroatoms. The number of hydrogen-bond acceptors (Lipinski definition) is 8. The molecule has 1 aromatic heterocycles. The molecule has 0 aliphatic carbocycles. The molecule has 0 saturated heterocycles. The van der Waals surface area contributed by atoms with Crippen molar-refractivity contribution in [1.82, 2.24) is 9.88 Å². The predicted molar refractivity (Wildman–Crippen MR) is 116 cm³/mol. The first-order chi connectivity index (χ1) is 14.8. The zero-order chi connectivity index (χ0) is 22.0. The summed E-state index contributed by atoms with van der Waals surface area (Å²) in [7, 11) is 0. The maximum absolute atomic E-state index is 12.7. The largest absolute Gasteiger partial charge is 0.480 e. The number of aromatic nitrogens is 1. The number of ketones is 1. The molecule has 31 heavy (non-hydrogen) atoms. The lowest BCUT2D eigenvalue weighted by molar-refractivity contribution is -0.157. The van der Waals surface area contributed by atoms with Crippen molar-refractivity contribution in [3.63, 3.8) is 0 Å². The van der Waals surface area contributed by atoms with Crippen LogP contribution in [0.15, 0.2) is 59.6 Å². The quantitative estimate of drug-likeness (QED) is 0.451. The van der Waals surface area contributed by atoms with Gasteiger partial charge in [-0.15, -0.1) is 0 Å². The third kappa shape index (κ3) is 4.58. The minimum absolute atomic E-state index is 0.169. The zero-order valence-electron chi connectivity index (χ0n) is 17.7. The van der Waals surface area contributed by atoms with Crippen LogP contribution in [-0.2, 0) is 9.53 Å². The first-order valence-electron chi connectivity index (χ1n) is 10.0. The van der Waals surface area contributed by atoms with E-state index < -0.39 is 11.6 Å². The number of ether oxygens (including phenoxy) is 2. The number of benzene rings is 1. The van der Waals surface area contributed by atoms with Crippen LogP contribution in [0.1, 0.15) is 36.7 Å². The summed E-state index contributed by atoms with van der Waals surface area (Å²) < 4.78 is 11.1. The lowest BCUT2D eigenvalue weighted by Gasteiger charge is -2.32. The van der Waals surface area contributed by atoms with E-state index in [0.717, 1.165) is 11.4 Å². The number of carbonyl (C=O) groups excluding carboxylic acids is 2. The van der Waals surface area contributed by atoms with Crippen molar-refractivity contribution < 1.29 is 19.1 Å². The summed E-state index contributed by atoms with van der Waals surface area (Å²) in [5.41, 5.74) is 1.42. The fourth-order valence-corrected chi connectivity index (χ4v) is 3.41. The molecule has 3 heterocycles. The number of nitrogens with zero attached hydrogens (tertiary/aromatic N) is 3. The number of rotatable bonds is 5. The molecule has 4 rings (SSSR count). The summed E-state index contributed by atoms with van der Waals surface area (Å²) in [4.78, 5) is 35.4. The molecule has 0 saturated carbocycles. The third-order valence-corrected chi connectivity index (χ3v) is 4.63. The van der Waals surface area contributed by atoms with Crippen LogP contribution in [0, 0.1) is 0 Å². The van der Waals surface area contributed by atoms with E-state index in [1.807, 2.05) is 17.0 Å². The minimum Gasteiger partial charge on any atom is -0.480 e. The molecule has 0 fully saturated rings. The van der Waals surface area contributed by atoms with Gasteiger partial charge in [0.25, 0.3) is 0 Å². The van der Waals surface area contributed by atoms with Crippen molar-refractivity contribution in [3.8, 4) is 5.75 Å². The number of fused-ring (bicyclic) bond motifs is 3. The molecule has 0 bridgehead atoms. The number of pyridine rings is 1. The Morgan fingerprint density at radius 2 is 2.06 bits per heavy atom. The van der Waals surface area contributed by atoms with Gasteiger partial charge in [0.2, 0.25) is 0 Å². The van der Waals surface area contributed by atoms with Gasteiger partial charge in [-0.1, -0.05) is 6.07 Å². The van der Waals surface area contributed by atoms with Crippen LogP contribution in [0.25, 0.3) is 0 Å². The standard InChI is InChI=1S/C23H24N4O4/c1-23(2,3)31-20(29)14-30-18-8-4-7-16-21(18)26-19(27-11-10-25-22(16)27)12-17(28)15-6-5-9-24-13-15/h4-9,12-13,26H,10-11,14H2,1-3H3/b19-12+. The smallest absolute Gasteiger partial charge is 0.344 e. The van der Waals surface area contributed by atoms with E-state index in [1.54, 1.807) is 45.2 Å². The van der Waals surface area contributed by atoms with E-state index in [-0.39, 0.29) is 12.4 Å². The van der Waals surface area contributed by atoms with Gasteiger partial charge in [-0.05, 0) is 45.0 Å². The maximum Gasteiger partial charge on any atom is 0.344 e. The van der Waals surface area contributed by atoms with Crippen molar-refractivity contribution in [2.75, 3.05) is 25.0 Å². The normalized spacial score (nSPS) is 16.2. The number of para-hydroxylation sites is 1. The summed E-state index contributed by atoms with van der Waals surface area (Å²) in [6.45, 7) is 6.48. The van der Waals surface area contributed by atoms with Crippen molar-refractivity contribution in [1.29, 1.82) is 0 Å². The molecular formula is C23H24N4O4. The Balaban J connectivity index is 1.61. The number of carbonyl (C=O) groups is 2. The molecular weight excluding hydrogens is 396 g/mol. The molecule has 2 aromatic rings. The van der Waals surface area contributed by atoms with Gasteiger partial charge in [-0.2, -0.15) is 0 Å². The molecule has 0 amide bonds. The number of aliphatic imine (C=N–C) groups is 1. The Morgan fingerprint density at radius 3 is 2.81 bits per heavy atom. The Morgan fingerprint density at radius 1 is 1.23 bits per heavy atom. The lowest BCUT2D eigenvalue weighted by atomic mass is 10.1. The second-order valence-corrected chi connectivity index (χ2v) is 8.17. The van der Waals surface area contributed by atoms with Crippen molar-refractivity contribution in [2.24, 2.45) is 4.99 Å². The van der Waals surface area contributed by atoms with Gasteiger partial charge < -0.3 is 19.7 Å². The molecule has 0 radical (unpaired) electrons. The minimum atomic E-state index is -0.587. The molecule has 2 aliphatic heterocycles. The molecule has 1 aromatic carbocycles. The van der Waals surface area contributed by atoms with Gasteiger partial charge in [0.05, 0.1) is 12.2 Å². The van der Waals surface area contributed by atoms with Crippen LogP contribution in [0.5, 0.6) is 5.75 Å². The summed E-state index contributed by atoms with van der Waals surface area (Å²) in [6.07, 6.45) is 4.69. The molecule has 0 unspecified atom stereocenters. The SMILES string of the molecule is CC(C)(C)OC(=O)COc1cccc2c1N/C(=C\C(=O)c1cccnc1)N1CCN=C21. The van der Waals surface area contributed by atoms with Gasteiger partial charge in [-0.25, -0.2) is 4.79 Å². The monoisotopic (exact) mass is 420 g/mol. The van der Waals surface area contributed by atoms with Crippen molar-refractivity contribution in [2.45, 2.75) is 26.4 Å². The summed E-state index contributed by atoms with van der Waals surface area (Å²) in [5, 5.41) is 3.30. The Hall–Kier alpha value is -3.68. The fourth-order valence-electron chi connectivity index (χ4n) is 3.41. The second kappa shape index (κ2) is 8.22. The summed E-state index contributed by atoms with van der Waals surface area (Å²) >= 11 is 0. The molecule has 2 aliphatic rings. The number of nitrogens with one attached hydrogen (secondary N) is 1. The van der Waals surface area contributed by atoms with Crippen LogP contribution in [0.4, 0.5) is 5.69 Å². The van der Waals surface area contributed by atoms with E-state index in [9.17, 15) is 9.59 Å². The van der Waals surface area contributed by atoms with E-state index in [0.29, 0.717) is 35.9 Å². The first-order valence-corrected chi connectivity index (χ1v) is 10.0. The van der Waals surface area contributed by atoms with Gasteiger partial charge >= 0.3 is 5.97 Å². The van der Waals surface area contributed by atoms with Gasteiger partial charge in [0.1, 0.15) is 23.0 Å². The van der Waals surface area contributed by atoms with Crippen LogP contribution in [0.3, 0.4) is 0 Å².